The quantitative estimate of drug-likeness (QED) is 0.551. The van der Waals surface area contributed by atoms with E-state index < -0.39 is 0 Å². The predicted octanol–water partition coefficient (Wildman–Crippen LogP) is 0.0310. The molecule has 0 radical (unpaired) electrons. The van der Waals surface area contributed by atoms with Crippen molar-refractivity contribution in [3.8, 4) is 11.6 Å². The zero-order valence-corrected chi connectivity index (χ0v) is 14.5. The molecule has 1 fully saturated rings. The lowest BCUT2D eigenvalue weighted by Crippen LogP contribution is -2.41. The van der Waals surface area contributed by atoms with Gasteiger partial charge >= 0.3 is 0 Å². The third-order valence-electron chi connectivity index (χ3n) is 4.63. The standard InChI is InChI=1S/C16H18N8O3/c1-27-12-4-10(6-17-7-12)15(9-2-11(25)3-9)19-16(26)13-5-14(21-20-13)24-8-18-22-23-24/h4-9,11,15,25H,2-3H2,1H3,(H,19,26)(H,20,21). The van der Waals surface area contributed by atoms with Crippen LogP contribution in [0.1, 0.15) is 34.9 Å². The molecule has 27 heavy (non-hydrogen) atoms. The van der Waals surface area contributed by atoms with Crippen molar-refractivity contribution in [3.63, 3.8) is 0 Å². The van der Waals surface area contributed by atoms with Gasteiger partial charge in [-0.15, -0.1) is 5.10 Å². The van der Waals surface area contributed by atoms with E-state index in [0.29, 0.717) is 24.4 Å². The summed E-state index contributed by atoms with van der Waals surface area (Å²) in [4.78, 5) is 16.9. The number of H-pyrrole nitrogens is 1. The molecule has 0 bridgehead atoms. The summed E-state index contributed by atoms with van der Waals surface area (Å²) >= 11 is 0. The van der Waals surface area contributed by atoms with Crippen LogP contribution >= 0.6 is 0 Å². The highest BCUT2D eigenvalue weighted by atomic mass is 16.5. The van der Waals surface area contributed by atoms with Gasteiger partial charge in [0.1, 0.15) is 17.8 Å². The maximum atomic E-state index is 12.7. The van der Waals surface area contributed by atoms with Crippen LogP contribution < -0.4 is 10.1 Å². The van der Waals surface area contributed by atoms with Crippen LogP contribution in [0.5, 0.6) is 5.75 Å². The first-order valence-corrected chi connectivity index (χ1v) is 8.40. The number of nitrogens with one attached hydrogen (secondary N) is 2. The van der Waals surface area contributed by atoms with Crippen LogP contribution in [0.2, 0.25) is 0 Å². The zero-order chi connectivity index (χ0) is 18.8. The van der Waals surface area contributed by atoms with Crippen LogP contribution in [0.25, 0.3) is 5.82 Å². The Bertz CT molecular complexity index is 919. The number of rotatable bonds is 6. The van der Waals surface area contributed by atoms with Gasteiger partial charge in [0, 0.05) is 12.3 Å². The highest BCUT2D eigenvalue weighted by Crippen LogP contribution is 2.38. The number of ether oxygens (including phenoxy) is 1. The molecular weight excluding hydrogens is 352 g/mol. The minimum absolute atomic E-state index is 0.111. The number of aromatic nitrogens is 7. The number of tetrazole rings is 1. The largest absolute Gasteiger partial charge is 0.495 e. The highest BCUT2D eigenvalue weighted by molar-refractivity contribution is 5.93. The Kier molecular flexibility index (Phi) is 4.50. The Morgan fingerprint density at radius 3 is 2.96 bits per heavy atom. The van der Waals surface area contributed by atoms with Gasteiger partial charge in [-0.25, -0.2) is 0 Å². The smallest absolute Gasteiger partial charge is 0.269 e. The Morgan fingerprint density at radius 1 is 1.41 bits per heavy atom. The fourth-order valence-corrected chi connectivity index (χ4v) is 3.12. The molecule has 3 N–H and O–H groups in total. The SMILES string of the molecule is COc1cncc(C(NC(=O)c2cc(-n3cnnn3)n[nH]2)C2CC(O)C2)c1. The number of aliphatic hydroxyl groups is 1. The molecule has 1 saturated carbocycles. The summed E-state index contributed by atoms with van der Waals surface area (Å²) in [5.41, 5.74) is 1.10. The van der Waals surface area contributed by atoms with Crippen molar-refractivity contribution >= 4 is 5.91 Å². The van der Waals surface area contributed by atoms with Gasteiger partial charge in [0.2, 0.25) is 0 Å². The van der Waals surface area contributed by atoms with Crippen molar-refractivity contribution in [1.29, 1.82) is 0 Å². The van der Waals surface area contributed by atoms with E-state index in [-0.39, 0.29) is 29.7 Å². The van der Waals surface area contributed by atoms with E-state index in [2.05, 4.69) is 36.0 Å². The Hall–Kier alpha value is -3.34. The van der Waals surface area contributed by atoms with E-state index in [4.69, 9.17) is 4.74 Å². The van der Waals surface area contributed by atoms with Gasteiger partial charge in [0.15, 0.2) is 5.82 Å². The van der Waals surface area contributed by atoms with E-state index in [9.17, 15) is 9.90 Å². The fourth-order valence-electron chi connectivity index (χ4n) is 3.12. The van der Waals surface area contributed by atoms with E-state index >= 15 is 0 Å². The molecule has 1 unspecified atom stereocenters. The second-order valence-corrected chi connectivity index (χ2v) is 6.39. The van der Waals surface area contributed by atoms with Crippen molar-refractivity contribution in [2.75, 3.05) is 7.11 Å². The monoisotopic (exact) mass is 370 g/mol. The number of hydrogen-bond acceptors (Lipinski definition) is 8. The van der Waals surface area contributed by atoms with Crippen LogP contribution in [0.4, 0.5) is 0 Å². The molecule has 0 spiro atoms. The zero-order valence-electron chi connectivity index (χ0n) is 14.5. The van der Waals surface area contributed by atoms with Crippen molar-refractivity contribution in [2.24, 2.45) is 5.92 Å². The third-order valence-corrected chi connectivity index (χ3v) is 4.63. The lowest BCUT2D eigenvalue weighted by atomic mass is 9.75. The summed E-state index contributed by atoms with van der Waals surface area (Å²) in [6.07, 6.45) is 5.56. The Morgan fingerprint density at radius 2 is 2.26 bits per heavy atom. The summed E-state index contributed by atoms with van der Waals surface area (Å²) in [6, 6.07) is 3.09. The van der Waals surface area contributed by atoms with E-state index in [1.807, 2.05) is 6.07 Å². The summed E-state index contributed by atoms with van der Waals surface area (Å²) in [7, 11) is 1.56. The van der Waals surface area contributed by atoms with Crippen molar-refractivity contribution < 1.29 is 14.6 Å². The molecule has 0 aromatic carbocycles. The van der Waals surface area contributed by atoms with Crippen molar-refractivity contribution in [3.05, 3.63) is 42.1 Å². The topological polar surface area (TPSA) is 144 Å². The average molecular weight is 370 g/mol. The first-order chi connectivity index (χ1) is 13.1. The van der Waals surface area contributed by atoms with Gasteiger partial charge < -0.3 is 15.2 Å². The van der Waals surface area contributed by atoms with Gasteiger partial charge in [-0.05, 0) is 40.8 Å². The van der Waals surface area contributed by atoms with Crippen LogP contribution in [-0.4, -0.2) is 59.6 Å². The van der Waals surface area contributed by atoms with Gasteiger partial charge in [-0.3, -0.25) is 14.9 Å². The van der Waals surface area contributed by atoms with Gasteiger partial charge in [0.25, 0.3) is 5.91 Å². The molecule has 1 atom stereocenters. The molecule has 3 heterocycles. The number of amides is 1. The molecule has 1 aliphatic carbocycles. The minimum Gasteiger partial charge on any atom is -0.495 e. The second kappa shape index (κ2) is 7.11. The van der Waals surface area contributed by atoms with Crippen LogP contribution in [0.15, 0.2) is 30.9 Å². The number of aromatic amines is 1. The summed E-state index contributed by atoms with van der Waals surface area (Å²) in [5, 5.41) is 30.2. The number of nitrogens with zero attached hydrogens (tertiary/aromatic N) is 6. The molecule has 4 rings (SSSR count). The number of pyridine rings is 1. The minimum atomic E-state index is -0.341. The molecule has 1 amide bonds. The van der Waals surface area contributed by atoms with E-state index in [0.717, 1.165) is 5.56 Å². The van der Waals surface area contributed by atoms with Gasteiger partial charge in [-0.2, -0.15) is 9.78 Å². The predicted molar refractivity (Wildman–Crippen MR) is 91.0 cm³/mol. The van der Waals surface area contributed by atoms with Crippen molar-refractivity contribution in [2.45, 2.75) is 25.0 Å². The lowest BCUT2D eigenvalue weighted by molar-refractivity contribution is 0.0234. The molecule has 0 aliphatic heterocycles. The Labute approximate surface area is 153 Å². The molecule has 11 nitrogen and oxygen atoms in total. The first-order valence-electron chi connectivity index (χ1n) is 8.40. The lowest BCUT2D eigenvalue weighted by Gasteiger charge is -2.38. The molecule has 140 valence electrons. The normalized spacial score (nSPS) is 19.9. The van der Waals surface area contributed by atoms with E-state index in [1.54, 1.807) is 25.6 Å². The molecule has 11 heteroatoms. The van der Waals surface area contributed by atoms with Crippen molar-refractivity contribution in [1.82, 2.24) is 40.7 Å². The molecule has 1 aliphatic rings. The second-order valence-electron chi connectivity index (χ2n) is 6.39. The van der Waals surface area contributed by atoms with Gasteiger partial charge in [0.05, 0.1) is 25.5 Å². The molecule has 3 aromatic heterocycles. The molecule has 3 aromatic rings. The highest BCUT2D eigenvalue weighted by Gasteiger charge is 2.36. The fraction of sp³-hybridized carbons (Fsp3) is 0.375. The van der Waals surface area contributed by atoms with Crippen LogP contribution in [0.3, 0.4) is 0 Å². The number of methoxy groups -OCH3 is 1. The third kappa shape index (κ3) is 3.49. The Balaban J connectivity index is 1.55. The molecule has 0 saturated heterocycles. The van der Waals surface area contributed by atoms with Crippen LogP contribution in [-0.2, 0) is 0 Å². The van der Waals surface area contributed by atoms with E-state index in [1.165, 1.54) is 11.0 Å². The summed E-state index contributed by atoms with van der Waals surface area (Å²) in [6.45, 7) is 0. The maximum absolute atomic E-state index is 12.7. The number of hydrogen-bond donors (Lipinski definition) is 3. The maximum Gasteiger partial charge on any atom is 0.269 e. The number of aliphatic hydroxyl groups excluding tert-OH is 1. The van der Waals surface area contributed by atoms with Gasteiger partial charge in [-0.1, -0.05) is 0 Å². The van der Waals surface area contributed by atoms with Crippen LogP contribution in [0, 0.1) is 5.92 Å². The number of carbonyl (C=O) groups excluding carboxylic acids is 1. The number of carbonyl (C=O) groups is 1. The average Bonchev–Trinajstić information content (AvgIpc) is 3.35. The summed E-state index contributed by atoms with van der Waals surface area (Å²) in [5.74, 6) is 0.800. The summed E-state index contributed by atoms with van der Waals surface area (Å²) < 4.78 is 6.58. The first kappa shape index (κ1) is 17.1. The molecular formula is C16H18N8O3.